The van der Waals surface area contributed by atoms with Crippen molar-refractivity contribution in [3.63, 3.8) is 0 Å². The molecule has 170 valence electrons. The largest absolute Gasteiger partial charge is 0.366 e. The van der Waals surface area contributed by atoms with E-state index < -0.39 is 0 Å². The van der Waals surface area contributed by atoms with E-state index in [0.29, 0.717) is 22.7 Å². The summed E-state index contributed by atoms with van der Waals surface area (Å²) in [6, 6.07) is 8.41. The summed E-state index contributed by atoms with van der Waals surface area (Å²) < 4.78 is 1.95. The van der Waals surface area contributed by atoms with Gasteiger partial charge < -0.3 is 19.9 Å². The number of hydrogen-bond acceptors (Lipinski definition) is 7. The van der Waals surface area contributed by atoms with Crippen LogP contribution in [0.25, 0.3) is 5.65 Å². The highest BCUT2D eigenvalue weighted by Crippen LogP contribution is 2.29. The van der Waals surface area contributed by atoms with Gasteiger partial charge in [0.25, 0.3) is 0 Å². The molecule has 1 saturated heterocycles. The predicted molar refractivity (Wildman–Crippen MR) is 133 cm³/mol. The molecule has 0 radical (unpaired) electrons. The van der Waals surface area contributed by atoms with Gasteiger partial charge in [0, 0.05) is 55.7 Å². The molecule has 0 bridgehead atoms. The molecule has 0 aromatic carbocycles. The van der Waals surface area contributed by atoms with Gasteiger partial charge in [-0.15, -0.1) is 0 Å². The minimum Gasteiger partial charge on any atom is -0.366 e. The first-order chi connectivity index (χ1) is 16.1. The van der Waals surface area contributed by atoms with Crippen molar-refractivity contribution in [3.8, 4) is 0 Å². The maximum Gasteiger partial charge on any atom is 0.229 e. The summed E-state index contributed by atoms with van der Waals surface area (Å²) in [5, 5.41) is 7.37. The summed E-state index contributed by atoms with van der Waals surface area (Å²) in [7, 11) is 0. The summed E-state index contributed by atoms with van der Waals surface area (Å²) in [4.78, 5) is 20.3. The van der Waals surface area contributed by atoms with Crippen LogP contribution >= 0.6 is 11.6 Å². The van der Waals surface area contributed by atoms with Gasteiger partial charge >= 0.3 is 0 Å². The summed E-state index contributed by atoms with van der Waals surface area (Å²) in [5.41, 5.74) is 2.90. The third-order valence-electron chi connectivity index (χ3n) is 6.20. The molecule has 5 heterocycles. The van der Waals surface area contributed by atoms with Gasteiger partial charge in [0.2, 0.25) is 5.95 Å². The van der Waals surface area contributed by atoms with Crippen molar-refractivity contribution in [2.24, 2.45) is 5.92 Å². The first-order valence-electron chi connectivity index (χ1n) is 11.3. The molecule has 0 spiro atoms. The molecule has 2 N–H and O–H groups in total. The number of rotatable bonds is 6. The van der Waals surface area contributed by atoms with Crippen molar-refractivity contribution >= 4 is 40.5 Å². The monoisotopic (exact) mass is 462 g/mol. The van der Waals surface area contributed by atoms with Gasteiger partial charge in [-0.25, -0.2) is 15.0 Å². The van der Waals surface area contributed by atoms with Gasteiger partial charge in [0.1, 0.15) is 16.5 Å². The molecule has 2 atom stereocenters. The van der Waals surface area contributed by atoms with Crippen LogP contribution in [0.2, 0.25) is 5.02 Å². The lowest BCUT2D eigenvalue weighted by atomic mass is 9.90. The minimum atomic E-state index is 0.276. The van der Waals surface area contributed by atoms with Gasteiger partial charge in [-0.3, -0.25) is 0 Å². The van der Waals surface area contributed by atoms with Crippen LogP contribution in [0.1, 0.15) is 25.3 Å². The highest BCUT2D eigenvalue weighted by molar-refractivity contribution is 6.32. The molecule has 5 rings (SSSR count). The fraction of sp³-hybridized carbons (Fsp3) is 0.333. The van der Waals surface area contributed by atoms with E-state index in [-0.39, 0.29) is 6.04 Å². The standard InChI is InChI=1S/C24H27ClN8/c1-3-17-15-33(21-5-4-16(2)13-27-21)10-7-20(17)30-23-19(25)14-28-24(31-23)29-18-6-9-32-11-8-26-22(32)12-18/h4-6,8-9,11-14,17,20H,3,7,10,15H2,1-2H3,(H2,28,29,30,31). The minimum absolute atomic E-state index is 0.276. The van der Waals surface area contributed by atoms with Crippen molar-refractivity contribution in [1.82, 2.24) is 24.3 Å². The Morgan fingerprint density at radius 3 is 2.85 bits per heavy atom. The van der Waals surface area contributed by atoms with Crippen molar-refractivity contribution < 1.29 is 0 Å². The van der Waals surface area contributed by atoms with Crippen molar-refractivity contribution in [1.29, 1.82) is 0 Å². The second kappa shape index (κ2) is 9.23. The summed E-state index contributed by atoms with van der Waals surface area (Å²) in [5.74, 6) is 2.64. The van der Waals surface area contributed by atoms with E-state index >= 15 is 0 Å². The van der Waals surface area contributed by atoms with Crippen LogP contribution in [0.5, 0.6) is 0 Å². The van der Waals surface area contributed by atoms with E-state index in [9.17, 15) is 0 Å². The van der Waals surface area contributed by atoms with Crippen molar-refractivity contribution in [3.05, 3.63) is 65.8 Å². The molecule has 1 aliphatic heterocycles. The highest BCUT2D eigenvalue weighted by Gasteiger charge is 2.29. The predicted octanol–water partition coefficient (Wildman–Crippen LogP) is 4.94. The Hall–Kier alpha value is -3.39. The average molecular weight is 463 g/mol. The van der Waals surface area contributed by atoms with Crippen LogP contribution in [-0.2, 0) is 0 Å². The smallest absolute Gasteiger partial charge is 0.229 e. The molecule has 8 nitrogen and oxygen atoms in total. The highest BCUT2D eigenvalue weighted by atomic mass is 35.5. The number of nitrogens with zero attached hydrogens (tertiary/aromatic N) is 6. The van der Waals surface area contributed by atoms with Gasteiger partial charge in [-0.2, -0.15) is 4.98 Å². The molecule has 4 aromatic rings. The lowest BCUT2D eigenvalue weighted by Gasteiger charge is -2.39. The van der Waals surface area contributed by atoms with Gasteiger partial charge in [0.05, 0.1) is 6.20 Å². The molecular weight excluding hydrogens is 436 g/mol. The molecule has 1 fully saturated rings. The van der Waals surface area contributed by atoms with Crippen molar-refractivity contribution in [2.45, 2.75) is 32.7 Å². The Kier molecular flexibility index (Phi) is 6.00. The fourth-order valence-corrected chi connectivity index (χ4v) is 4.46. The second-order valence-corrected chi connectivity index (χ2v) is 8.88. The zero-order valence-electron chi connectivity index (χ0n) is 18.7. The normalized spacial score (nSPS) is 18.5. The van der Waals surface area contributed by atoms with Crippen LogP contribution in [0, 0.1) is 12.8 Å². The summed E-state index contributed by atoms with van der Waals surface area (Å²) >= 11 is 6.46. The van der Waals surface area contributed by atoms with Crippen LogP contribution < -0.4 is 15.5 Å². The Balaban J connectivity index is 1.29. The zero-order chi connectivity index (χ0) is 22.8. The number of hydrogen-bond donors (Lipinski definition) is 2. The Labute approximate surface area is 198 Å². The lowest BCUT2D eigenvalue weighted by Crippen LogP contribution is -2.46. The van der Waals surface area contributed by atoms with E-state index in [2.05, 4.69) is 61.4 Å². The topological polar surface area (TPSA) is 83.3 Å². The average Bonchev–Trinajstić information content (AvgIpc) is 3.30. The quantitative estimate of drug-likeness (QED) is 0.419. The van der Waals surface area contributed by atoms with E-state index in [1.54, 1.807) is 12.4 Å². The molecule has 0 saturated carbocycles. The molecule has 9 heteroatoms. The van der Waals surface area contributed by atoms with Gasteiger partial charge in [-0.05, 0) is 43.4 Å². The van der Waals surface area contributed by atoms with Crippen LogP contribution in [0.3, 0.4) is 0 Å². The zero-order valence-corrected chi connectivity index (χ0v) is 19.5. The molecule has 1 aliphatic rings. The Morgan fingerprint density at radius 1 is 1.12 bits per heavy atom. The van der Waals surface area contributed by atoms with E-state index in [1.165, 1.54) is 5.56 Å². The molecule has 0 aliphatic carbocycles. The number of pyridine rings is 2. The molecule has 4 aromatic heterocycles. The Morgan fingerprint density at radius 2 is 2.03 bits per heavy atom. The number of piperidine rings is 1. The fourth-order valence-electron chi connectivity index (χ4n) is 4.31. The number of aromatic nitrogens is 5. The second-order valence-electron chi connectivity index (χ2n) is 8.47. The van der Waals surface area contributed by atoms with Crippen LogP contribution in [0.4, 0.5) is 23.3 Å². The molecular formula is C24H27ClN8. The maximum absolute atomic E-state index is 6.46. The summed E-state index contributed by atoms with van der Waals surface area (Å²) in [6.07, 6.45) is 11.2. The lowest BCUT2D eigenvalue weighted by molar-refractivity contribution is 0.365. The third-order valence-corrected chi connectivity index (χ3v) is 6.47. The number of nitrogens with one attached hydrogen (secondary N) is 2. The van der Waals surface area contributed by atoms with Crippen LogP contribution in [-0.4, -0.2) is 43.5 Å². The van der Waals surface area contributed by atoms with E-state index in [0.717, 1.165) is 43.1 Å². The SMILES string of the molecule is CCC1CN(c2ccc(C)cn2)CCC1Nc1nc(Nc2ccn3ccnc3c2)ncc1Cl. The molecule has 33 heavy (non-hydrogen) atoms. The van der Waals surface area contributed by atoms with Gasteiger partial charge in [0.15, 0.2) is 5.82 Å². The third kappa shape index (κ3) is 4.71. The van der Waals surface area contributed by atoms with Crippen LogP contribution in [0.15, 0.2) is 55.2 Å². The first kappa shape index (κ1) is 21.5. The molecule has 0 amide bonds. The number of imidazole rings is 1. The number of fused-ring (bicyclic) bond motifs is 1. The number of aryl methyl sites for hydroxylation is 1. The van der Waals surface area contributed by atoms with E-state index in [4.69, 9.17) is 11.6 Å². The van der Waals surface area contributed by atoms with E-state index in [1.807, 2.05) is 35.1 Å². The number of halogens is 1. The van der Waals surface area contributed by atoms with Crippen molar-refractivity contribution in [2.75, 3.05) is 28.6 Å². The van der Waals surface area contributed by atoms with Gasteiger partial charge in [-0.1, -0.05) is 24.6 Å². The summed E-state index contributed by atoms with van der Waals surface area (Å²) in [6.45, 7) is 6.17. The molecule has 2 unspecified atom stereocenters. The first-order valence-corrected chi connectivity index (χ1v) is 11.6. The maximum atomic E-state index is 6.46. The number of anilines is 4. The Bertz CT molecular complexity index is 1240.